The second kappa shape index (κ2) is 11.2. The Balaban J connectivity index is 1.34. The van der Waals surface area contributed by atoms with Crippen molar-refractivity contribution >= 4 is 56.4 Å². The Kier molecular flexibility index (Phi) is 8.09. The van der Waals surface area contributed by atoms with Gasteiger partial charge in [-0.1, -0.05) is 42.0 Å². The van der Waals surface area contributed by atoms with Crippen molar-refractivity contribution in [2.24, 2.45) is 16.6 Å². The van der Waals surface area contributed by atoms with Crippen LogP contribution in [0.25, 0.3) is 10.2 Å². The molecule has 0 bridgehead atoms. The smallest absolute Gasteiger partial charge is 0.277 e. The van der Waals surface area contributed by atoms with Crippen LogP contribution in [0.4, 0.5) is 13.2 Å². The lowest BCUT2D eigenvalue weighted by Crippen LogP contribution is -2.63. The van der Waals surface area contributed by atoms with Crippen LogP contribution in [0.15, 0.2) is 53.3 Å². The molecule has 1 aromatic carbocycles. The summed E-state index contributed by atoms with van der Waals surface area (Å²) < 4.78 is 51.5. The maximum absolute atomic E-state index is 15.0. The van der Waals surface area contributed by atoms with Gasteiger partial charge in [-0.2, -0.15) is 0 Å². The summed E-state index contributed by atoms with van der Waals surface area (Å²) in [6, 6.07) is 7.41. The number of thiazole rings is 1. The minimum Gasteiger partial charge on any atom is -0.468 e. The molecule has 2 N–H and O–H groups in total. The number of carbonyl (C=O) groups excluding carboxylic acids is 1. The van der Waals surface area contributed by atoms with Crippen molar-refractivity contribution in [2.45, 2.75) is 60.4 Å². The number of carbonyl (C=O) groups is 1. The van der Waals surface area contributed by atoms with Crippen LogP contribution in [0.5, 0.6) is 5.19 Å². The lowest BCUT2D eigenvalue weighted by Gasteiger charge is -2.48. The van der Waals surface area contributed by atoms with E-state index in [0.717, 1.165) is 29.1 Å². The molecule has 6 nitrogen and oxygen atoms in total. The number of thioether (sulfide) groups is 1. The van der Waals surface area contributed by atoms with Crippen molar-refractivity contribution in [1.82, 2.24) is 9.88 Å². The van der Waals surface area contributed by atoms with Gasteiger partial charge in [-0.15, -0.1) is 23.4 Å². The van der Waals surface area contributed by atoms with Crippen LogP contribution in [0.3, 0.4) is 0 Å². The number of nitrogens with zero attached hydrogens (tertiary/aromatic N) is 3. The first kappa shape index (κ1) is 27.5. The molecule has 1 fully saturated rings. The van der Waals surface area contributed by atoms with Gasteiger partial charge in [0.15, 0.2) is 5.66 Å². The molecule has 0 saturated carbocycles. The van der Waals surface area contributed by atoms with E-state index in [9.17, 15) is 9.18 Å². The molecule has 5 atom stereocenters. The van der Waals surface area contributed by atoms with Gasteiger partial charge in [0, 0.05) is 12.6 Å². The van der Waals surface area contributed by atoms with E-state index < -0.39 is 39.9 Å². The molecule has 1 saturated heterocycles. The molecule has 1 aliphatic carbocycles. The van der Waals surface area contributed by atoms with Crippen LogP contribution in [-0.4, -0.2) is 62.7 Å². The fourth-order valence-electron chi connectivity index (χ4n) is 5.63. The largest absolute Gasteiger partial charge is 0.468 e. The molecular formula is C26H28ClF3N4O2S2. The van der Waals surface area contributed by atoms with Crippen molar-refractivity contribution in [3.8, 4) is 5.19 Å². The van der Waals surface area contributed by atoms with Gasteiger partial charge in [0.05, 0.1) is 25.9 Å². The fraction of sp³-hybridized carbons (Fsp3) is 0.500. The highest BCUT2D eigenvalue weighted by Crippen LogP contribution is 2.48. The Morgan fingerprint density at radius 3 is 2.89 bits per heavy atom. The van der Waals surface area contributed by atoms with Crippen molar-refractivity contribution in [3.63, 3.8) is 0 Å². The van der Waals surface area contributed by atoms with Gasteiger partial charge in [0.2, 0.25) is 5.91 Å². The zero-order valence-electron chi connectivity index (χ0n) is 20.4. The van der Waals surface area contributed by atoms with Gasteiger partial charge in [-0.3, -0.25) is 14.7 Å². The van der Waals surface area contributed by atoms with Crippen molar-refractivity contribution in [1.29, 1.82) is 0 Å². The van der Waals surface area contributed by atoms with Crippen LogP contribution >= 0.6 is 34.7 Å². The average molecular weight is 585 g/mol. The Hall–Kier alpha value is -2.08. The van der Waals surface area contributed by atoms with Gasteiger partial charge >= 0.3 is 0 Å². The fourth-order valence-corrected chi connectivity index (χ4v) is 7.98. The zero-order chi connectivity index (χ0) is 26.9. The van der Waals surface area contributed by atoms with Crippen LogP contribution in [0.1, 0.15) is 32.1 Å². The van der Waals surface area contributed by atoms with Crippen LogP contribution < -0.4 is 10.5 Å². The molecular weight excluding hydrogens is 557 g/mol. The lowest BCUT2D eigenvalue weighted by atomic mass is 9.81. The first-order valence-corrected chi connectivity index (χ1v) is 14.6. The van der Waals surface area contributed by atoms with Gasteiger partial charge in [0.25, 0.3) is 11.6 Å². The maximum atomic E-state index is 15.0. The van der Waals surface area contributed by atoms with E-state index in [1.165, 1.54) is 40.8 Å². The number of nitrogens with two attached hydrogens (primary N) is 1. The standard InChI is InChI=1S/C26H28ClF3N4O2S2/c27-25(11-5-7-17(28)21(25)22(31)35)12-10-20-26(23(29)30,32-15-37-20)34-13-4-3-6-16(34)14-36-24-33-18-8-1-2-9-19(18)38-24/h1-2,5,7-9,11,15-16,20-21,23H,3-4,6,10,12-14H2,(H2,31,35). The number of piperidine rings is 1. The van der Waals surface area contributed by atoms with Crippen LogP contribution in [0.2, 0.25) is 0 Å². The molecule has 5 unspecified atom stereocenters. The molecule has 3 aliphatic rings. The summed E-state index contributed by atoms with van der Waals surface area (Å²) in [6.07, 6.45) is 3.93. The number of aromatic nitrogens is 1. The topological polar surface area (TPSA) is 80.8 Å². The van der Waals surface area contributed by atoms with Crippen molar-refractivity contribution < 1.29 is 22.7 Å². The third-order valence-corrected chi connectivity index (χ3v) is 10.1. The number of alkyl halides is 3. The molecule has 1 aromatic heterocycles. The number of halogens is 4. The zero-order valence-corrected chi connectivity index (χ0v) is 22.8. The first-order chi connectivity index (χ1) is 18.2. The molecule has 2 aliphatic heterocycles. The number of hydrogen-bond donors (Lipinski definition) is 1. The lowest BCUT2D eigenvalue weighted by molar-refractivity contribution is -0.122. The minimum absolute atomic E-state index is 0.0795. The summed E-state index contributed by atoms with van der Waals surface area (Å²) in [5.41, 5.74) is 5.97. The Morgan fingerprint density at radius 2 is 2.13 bits per heavy atom. The number of allylic oxidation sites excluding steroid dienone is 3. The summed E-state index contributed by atoms with van der Waals surface area (Å²) in [4.78, 5) is 21.2. The first-order valence-electron chi connectivity index (χ1n) is 12.5. The molecule has 0 spiro atoms. The average Bonchev–Trinajstić information content (AvgIpc) is 3.51. The number of rotatable bonds is 9. The maximum Gasteiger partial charge on any atom is 0.277 e. The number of likely N-dealkylation sites (tertiary alicyclic amines) is 1. The molecule has 38 heavy (non-hydrogen) atoms. The second-order valence-electron chi connectivity index (χ2n) is 9.76. The predicted octanol–water partition coefficient (Wildman–Crippen LogP) is 5.92. The van der Waals surface area contributed by atoms with E-state index in [-0.39, 0.29) is 25.5 Å². The van der Waals surface area contributed by atoms with Crippen molar-refractivity contribution in [3.05, 3.63) is 48.3 Å². The van der Waals surface area contributed by atoms with Gasteiger partial charge in [-0.05, 0) is 43.9 Å². The van der Waals surface area contributed by atoms with Gasteiger partial charge in [0.1, 0.15) is 18.4 Å². The van der Waals surface area contributed by atoms with E-state index in [1.807, 2.05) is 24.3 Å². The SMILES string of the molecule is NC(=O)C1C(F)=CC=CC1(Cl)CCC1SC=NC1(C(F)F)N1CCCCC1COc1nc2ccccc2s1. The van der Waals surface area contributed by atoms with Crippen LogP contribution in [-0.2, 0) is 4.79 Å². The highest BCUT2D eigenvalue weighted by Gasteiger charge is 2.57. The van der Waals surface area contributed by atoms with E-state index in [1.54, 1.807) is 4.90 Å². The van der Waals surface area contributed by atoms with Crippen LogP contribution in [0, 0.1) is 5.92 Å². The highest BCUT2D eigenvalue weighted by atomic mass is 35.5. The molecule has 2 aromatic rings. The summed E-state index contributed by atoms with van der Waals surface area (Å²) in [7, 11) is 0. The Morgan fingerprint density at radius 1 is 1.32 bits per heavy atom. The quantitative estimate of drug-likeness (QED) is 0.370. The third kappa shape index (κ3) is 5.10. The molecule has 0 radical (unpaired) electrons. The Bertz CT molecular complexity index is 1240. The highest BCUT2D eigenvalue weighted by molar-refractivity contribution is 8.13. The van der Waals surface area contributed by atoms with E-state index in [4.69, 9.17) is 22.1 Å². The summed E-state index contributed by atoms with van der Waals surface area (Å²) in [5, 5.41) is -0.151. The summed E-state index contributed by atoms with van der Waals surface area (Å²) in [6.45, 7) is 0.656. The number of ether oxygens (including phenoxy) is 1. The normalized spacial score (nSPS) is 31.7. The number of aliphatic imine (C=N–C) groups is 1. The third-order valence-electron chi connectivity index (χ3n) is 7.50. The van der Waals surface area contributed by atoms with E-state index in [2.05, 4.69) is 9.98 Å². The minimum atomic E-state index is -2.78. The monoisotopic (exact) mass is 584 g/mol. The second-order valence-corrected chi connectivity index (χ2v) is 12.5. The predicted molar refractivity (Wildman–Crippen MR) is 147 cm³/mol. The molecule has 5 rings (SSSR count). The number of amides is 1. The number of hydrogen-bond acceptors (Lipinski definition) is 7. The number of benzene rings is 1. The number of fused-ring (bicyclic) bond motifs is 1. The molecule has 3 heterocycles. The molecule has 12 heteroatoms. The Labute approximate surface area is 232 Å². The van der Waals surface area contributed by atoms with Gasteiger partial charge in [-0.25, -0.2) is 18.2 Å². The van der Waals surface area contributed by atoms with Crippen molar-refractivity contribution in [2.75, 3.05) is 13.2 Å². The molecule has 1 amide bonds. The van der Waals surface area contributed by atoms with E-state index in [0.29, 0.717) is 18.2 Å². The number of primary amides is 1. The number of para-hydroxylation sites is 1. The summed E-state index contributed by atoms with van der Waals surface area (Å²) >= 11 is 9.34. The summed E-state index contributed by atoms with van der Waals surface area (Å²) in [5.74, 6) is -2.97. The van der Waals surface area contributed by atoms with E-state index >= 15 is 8.78 Å². The molecule has 204 valence electrons. The van der Waals surface area contributed by atoms with Gasteiger partial charge < -0.3 is 10.5 Å².